The molecule has 1 heterocycles. The number of anilines is 1. The van der Waals surface area contributed by atoms with Crippen molar-refractivity contribution in [1.82, 2.24) is 5.32 Å². The van der Waals surface area contributed by atoms with Crippen molar-refractivity contribution in [2.45, 2.75) is 38.6 Å². The molecular weight excluding hydrogens is 224 g/mol. The fraction of sp³-hybridized carbons (Fsp3) is 0.533. The summed E-state index contributed by atoms with van der Waals surface area (Å²) in [5, 5.41) is 6.49. The van der Waals surface area contributed by atoms with E-state index in [1.54, 1.807) is 0 Å². The predicted molar refractivity (Wildman–Crippen MR) is 72.9 cm³/mol. The topological polar surface area (TPSA) is 41.1 Å². The van der Waals surface area contributed by atoms with Gasteiger partial charge < -0.3 is 10.6 Å². The summed E-state index contributed by atoms with van der Waals surface area (Å²) < 4.78 is 0. The van der Waals surface area contributed by atoms with Crippen LogP contribution >= 0.6 is 0 Å². The monoisotopic (exact) mass is 244 g/mol. The largest absolute Gasteiger partial charge is 0.384 e. The lowest BCUT2D eigenvalue weighted by molar-refractivity contribution is 0.0929. The number of amides is 1. The molecule has 0 aromatic heterocycles. The van der Waals surface area contributed by atoms with Gasteiger partial charge in [-0.25, -0.2) is 0 Å². The smallest absolute Gasteiger partial charge is 0.251 e. The van der Waals surface area contributed by atoms with E-state index in [1.165, 1.54) is 24.1 Å². The van der Waals surface area contributed by atoms with Crippen LogP contribution in [0.25, 0.3) is 0 Å². The number of hydrogen-bond donors (Lipinski definition) is 2. The van der Waals surface area contributed by atoms with E-state index in [4.69, 9.17) is 0 Å². The molecule has 0 radical (unpaired) electrons. The van der Waals surface area contributed by atoms with Crippen LogP contribution in [0.4, 0.5) is 5.69 Å². The zero-order chi connectivity index (χ0) is 12.5. The second-order valence-electron chi connectivity index (χ2n) is 5.54. The first-order valence-corrected chi connectivity index (χ1v) is 6.92. The van der Waals surface area contributed by atoms with Gasteiger partial charge in [0.15, 0.2) is 0 Å². The third-order valence-electron chi connectivity index (χ3n) is 4.26. The molecule has 2 atom stereocenters. The second kappa shape index (κ2) is 4.63. The van der Waals surface area contributed by atoms with Gasteiger partial charge in [0, 0.05) is 23.8 Å². The maximum atomic E-state index is 12.2. The molecule has 18 heavy (non-hydrogen) atoms. The van der Waals surface area contributed by atoms with E-state index < -0.39 is 0 Å². The van der Waals surface area contributed by atoms with E-state index >= 15 is 0 Å². The summed E-state index contributed by atoms with van der Waals surface area (Å²) in [5.41, 5.74) is 3.25. The van der Waals surface area contributed by atoms with Gasteiger partial charge in [-0.1, -0.05) is 13.3 Å². The number of carbonyl (C=O) groups is 1. The van der Waals surface area contributed by atoms with Gasteiger partial charge in [-0.15, -0.1) is 0 Å². The fourth-order valence-electron chi connectivity index (χ4n) is 3.06. The van der Waals surface area contributed by atoms with Gasteiger partial charge in [-0.3, -0.25) is 4.79 Å². The van der Waals surface area contributed by atoms with E-state index in [1.807, 2.05) is 18.2 Å². The van der Waals surface area contributed by atoms with Crippen molar-refractivity contribution in [3.8, 4) is 0 Å². The number of hydrogen-bond acceptors (Lipinski definition) is 2. The molecule has 2 aliphatic rings. The summed E-state index contributed by atoms with van der Waals surface area (Å²) in [6.45, 7) is 3.21. The molecule has 3 heteroatoms. The maximum Gasteiger partial charge on any atom is 0.251 e. The van der Waals surface area contributed by atoms with E-state index in [0.29, 0.717) is 12.0 Å². The number of carbonyl (C=O) groups excluding carboxylic acids is 1. The van der Waals surface area contributed by atoms with Gasteiger partial charge in [0.05, 0.1) is 0 Å². The minimum Gasteiger partial charge on any atom is -0.384 e. The molecule has 1 aromatic carbocycles. The van der Waals surface area contributed by atoms with Gasteiger partial charge in [0.1, 0.15) is 0 Å². The van der Waals surface area contributed by atoms with Crippen molar-refractivity contribution in [3.05, 3.63) is 29.3 Å². The molecule has 1 saturated carbocycles. The average Bonchev–Trinajstić information content (AvgIpc) is 2.98. The van der Waals surface area contributed by atoms with Crippen LogP contribution in [0.15, 0.2) is 18.2 Å². The number of nitrogens with one attached hydrogen (secondary N) is 2. The molecule has 1 aliphatic heterocycles. The standard InChI is InChI=1S/C15H20N2O/c1-10-3-2-4-13(10)17-15(18)12-5-6-14-11(9-12)7-8-16-14/h5-6,9-10,13,16H,2-4,7-8H2,1H3,(H,17,18). The summed E-state index contributed by atoms with van der Waals surface area (Å²) in [4.78, 5) is 12.2. The van der Waals surface area contributed by atoms with Crippen molar-refractivity contribution >= 4 is 11.6 Å². The average molecular weight is 244 g/mol. The fourth-order valence-corrected chi connectivity index (χ4v) is 3.06. The van der Waals surface area contributed by atoms with Crippen LogP contribution in [-0.4, -0.2) is 18.5 Å². The first-order chi connectivity index (χ1) is 8.74. The molecule has 1 fully saturated rings. The lowest BCUT2D eigenvalue weighted by Crippen LogP contribution is -2.36. The van der Waals surface area contributed by atoms with Crippen molar-refractivity contribution in [2.24, 2.45) is 5.92 Å². The van der Waals surface area contributed by atoms with Crippen molar-refractivity contribution in [1.29, 1.82) is 0 Å². The van der Waals surface area contributed by atoms with Gasteiger partial charge in [0.25, 0.3) is 5.91 Å². The Bertz CT molecular complexity index is 470. The van der Waals surface area contributed by atoms with Gasteiger partial charge in [-0.05, 0) is 48.9 Å². The minimum atomic E-state index is 0.0865. The van der Waals surface area contributed by atoms with Crippen LogP contribution in [0.5, 0.6) is 0 Å². The van der Waals surface area contributed by atoms with Gasteiger partial charge >= 0.3 is 0 Å². The van der Waals surface area contributed by atoms with E-state index in [9.17, 15) is 4.79 Å². The number of rotatable bonds is 2. The Labute approximate surface area is 108 Å². The van der Waals surface area contributed by atoms with Gasteiger partial charge in [-0.2, -0.15) is 0 Å². The predicted octanol–water partition coefficient (Wildman–Crippen LogP) is 2.57. The Kier molecular flexibility index (Phi) is 2.98. The molecule has 2 unspecified atom stereocenters. The highest BCUT2D eigenvalue weighted by Crippen LogP contribution is 2.26. The zero-order valence-corrected chi connectivity index (χ0v) is 10.8. The highest BCUT2D eigenvalue weighted by molar-refractivity contribution is 5.95. The normalized spacial score (nSPS) is 25.6. The van der Waals surface area contributed by atoms with Crippen LogP contribution in [0.1, 0.15) is 42.1 Å². The number of fused-ring (bicyclic) bond motifs is 1. The quantitative estimate of drug-likeness (QED) is 0.839. The van der Waals surface area contributed by atoms with Crippen molar-refractivity contribution in [3.63, 3.8) is 0 Å². The van der Waals surface area contributed by atoms with Crippen LogP contribution in [0.3, 0.4) is 0 Å². The molecule has 0 saturated heterocycles. The maximum absolute atomic E-state index is 12.2. The van der Waals surface area contributed by atoms with Crippen molar-refractivity contribution < 1.29 is 4.79 Å². The van der Waals surface area contributed by atoms with Crippen molar-refractivity contribution in [2.75, 3.05) is 11.9 Å². The number of benzene rings is 1. The molecule has 3 rings (SSSR count). The van der Waals surface area contributed by atoms with Gasteiger partial charge in [0.2, 0.25) is 0 Å². The Morgan fingerprint density at radius 1 is 1.39 bits per heavy atom. The first-order valence-electron chi connectivity index (χ1n) is 6.92. The lowest BCUT2D eigenvalue weighted by Gasteiger charge is -2.17. The molecule has 1 amide bonds. The summed E-state index contributed by atoms with van der Waals surface area (Å²) in [7, 11) is 0. The van der Waals surface area contributed by atoms with Crippen LogP contribution < -0.4 is 10.6 Å². The first kappa shape index (κ1) is 11.6. The molecular formula is C15H20N2O. The van der Waals surface area contributed by atoms with Crippen LogP contribution in [-0.2, 0) is 6.42 Å². The third-order valence-corrected chi connectivity index (χ3v) is 4.26. The highest BCUT2D eigenvalue weighted by atomic mass is 16.1. The lowest BCUT2D eigenvalue weighted by atomic mass is 10.0. The van der Waals surface area contributed by atoms with Crippen LogP contribution in [0, 0.1) is 5.92 Å². The molecule has 0 bridgehead atoms. The van der Waals surface area contributed by atoms with Crippen LogP contribution in [0.2, 0.25) is 0 Å². The molecule has 2 N–H and O–H groups in total. The Morgan fingerprint density at radius 3 is 3.06 bits per heavy atom. The third kappa shape index (κ3) is 2.09. The minimum absolute atomic E-state index is 0.0865. The Hall–Kier alpha value is -1.51. The summed E-state index contributed by atoms with van der Waals surface area (Å²) in [6.07, 6.45) is 4.62. The Balaban J connectivity index is 1.72. The van der Waals surface area contributed by atoms with E-state index in [2.05, 4.69) is 17.6 Å². The highest BCUT2D eigenvalue weighted by Gasteiger charge is 2.25. The molecule has 0 spiro atoms. The molecule has 3 nitrogen and oxygen atoms in total. The molecule has 1 aliphatic carbocycles. The summed E-state index contributed by atoms with van der Waals surface area (Å²) in [6, 6.07) is 6.34. The summed E-state index contributed by atoms with van der Waals surface area (Å²) in [5.74, 6) is 0.702. The second-order valence-corrected chi connectivity index (χ2v) is 5.54. The van der Waals surface area contributed by atoms with E-state index in [0.717, 1.165) is 24.9 Å². The SMILES string of the molecule is CC1CCCC1NC(=O)c1ccc2c(c1)CCN2. The summed E-state index contributed by atoms with van der Waals surface area (Å²) >= 11 is 0. The molecule has 1 aromatic rings. The molecule has 96 valence electrons. The van der Waals surface area contributed by atoms with E-state index in [-0.39, 0.29) is 5.91 Å². The Morgan fingerprint density at radius 2 is 2.28 bits per heavy atom. The zero-order valence-electron chi connectivity index (χ0n) is 10.8.